The van der Waals surface area contributed by atoms with Crippen molar-refractivity contribution < 1.29 is 14.3 Å². The highest BCUT2D eigenvalue weighted by molar-refractivity contribution is 5.76. The van der Waals surface area contributed by atoms with Gasteiger partial charge in [-0.25, -0.2) is 9.67 Å². The van der Waals surface area contributed by atoms with Gasteiger partial charge in [0, 0.05) is 6.54 Å². The van der Waals surface area contributed by atoms with Gasteiger partial charge in [-0.05, 0) is 30.5 Å². The van der Waals surface area contributed by atoms with E-state index in [2.05, 4.69) is 10.1 Å². The fourth-order valence-corrected chi connectivity index (χ4v) is 3.02. The summed E-state index contributed by atoms with van der Waals surface area (Å²) >= 11 is 0. The zero-order valence-corrected chi connectivity index (χ0v) is 13.3. The molecule has 1 atom stereocenters. The van der Waals surface area contributed by atoms with Gasteiger partial charge in [-0.2, -0.15) is 5.10 Å². The Morgan fingerprint density at radius 1 is 1.30 bits per heavy atom. The van der Waals surface area contributed by atoms with E-state index in [0.29, 0.717) is 11.5 Å². The summed E-state index contributed by atoms with van der Waals surface area (Å²) in [5, 5.41) is 4.00. The van der Waals surface area contributed by atoms with Gasteiger partial charge in [-0.15, -0.1) is 0 Å². The van der Waals surface area contributed by atoms with Gasteiger partial charge in [0.2, 0.25) is 5.91 Å². The minimum Gasteiger partial charge on any atom is -0.493 e. The molecule has 7 heteroatoms. The number of carbonyl (C=O) groups excluding carboxylic acids is 1. The van der Waals surface area contributed by atoms with Gasteiger partial charge in [0.05, 0.1) is 20.3 Å². The number of ether oxygens (including phenoxy) is 2. The smallest absolute Gasteiger partial charge is 0.244 e. The Balaban J connectivity index is 1.79. The van der Waals surface area contributed by atoms with Crippen LogP contribution in [0.25, 0.3) is 0 Å². The van der Waals surface area contributed by atoms with Crippen molar-refractivity contribution in [3.05, 3.63) is 36.4 Å². The van der Waals surface area contributed by atoms with Crippen molar-refractivity contribution in [2.75, 3.05) is 20.8 Å². The van der Waals surface area contributed by atoms with Crippen LogP contribution in [-0.2, 0) is 11.3 Å². The molecule has 0 bridgehead atoms. The standard InChI is InChI=1S/C16H20N4O3/c1-22-14-6-5-12(8-15(14)23-2)13-4-3-7-20(13)16(21)9-19-11-17-10-18-19/h5-6,8,10-11,13H,3-4,7,9H2,1-2H3/t13-/m0/s1. The predicted octanol–water partition coefficient (Wildman–Crippen LogP) is 1.66. The molecule has 0 aliphatic carbocycles. The second-order valence-electron chi connectivity index (χ2n) is 5.45. The van der Waals surface area contributed by atoms with Crippen molar-refractivity contribution in [2.45, 2.75) is 25.4 Å². The lowest BCUT2D eigenvalue weighted by Crippen LogP contribution is -2.33. The number of aromatic nitrogens is 3. The molecule has 122 valence electrons. The predicted molar refractivity (Wildman–Crippen MR) is 83.3 cm³/mol. The molecule has 1 amide bonds. The van der Waals surface area contributed by atoms with E-state index in [1.54, 1.807) is 25.2 Å². The second kappa shape index (κ2) is 6.68. The van der Waals surface area contributed by atoms with Crippen LogP contribution in [0.2, 0.25) is 0 Å². The SMILES string of the molecule is COc1ccc([C@@H]2CCCN2C(=O)Cn2cncn2)cc1OC. The van der Waals surface area contributed by atoms with Crippen molar-refractivity contribution in [1.82, 2.24) is 19.7 Å². The summed E-state index contributed by atoms with van der Waals surface area (Å²) in [4.78, 5) is 18.3. The van der Waals surface area contributed by atoms with E-state index in [1.165, 1.54) is 6.33 Å². The summed E-state index contributed by atoms with van der Waals surface area (Å²) in [6, 6.07) is 5.88. The topological polar surface area (TPSA) is 69.5 Å². The molecule has 2 aromatic rings. The van der Waals surface area contributed by atoms with Crippen LogP contribution < -0.4 is 9.47 Å². The monoisotopic (exact) mass is 316 g/mol. The summed E-state index contributed by atoms with van der Waals surface area (Å²) < 4.78 is 12.2. The van der Waals surface area contributed by atoms with Crippen LogP contribution in [0.4, 0.5) is 0 Å². The maximum Gasteiger partial charge on any atom is 0.244 e. The zero-order chi connectivity index (χ0) is 16.2. The van der Waals surface area contributed by atoms with E-state index in [4.69, 9.17) is 9.47 Å². The van der Waals surface area contributed by atoms with Gasteiger partial charge in [0.1, 0.15) is 19.2 Å². The molecule has 1 aliphatic rings. The van der Waals surface area contributed by atoms with Crippen LogP contribution in [0, 0.1) is 0 Å². The Labute approximate surface area is 134 Å². The fraction of sp³-hybridized carbons (Fsp3) is 0.438. The molecule has 1 aromatic carbocycles. The molecule has 1 aromatic heterocycles. The molecule has 0 unspecified atom stereocenters. The Bertz CT molecular complexity index is 672. The highest BCUT2D eigenvalue weighted by Crippen LogP contribution is 2.36. The summed E-state index contributed by atoms with van der Waals surface area (Å²) in [6.07, 6.45) is 4.92. The van der Waals surface area contributed by atoms with Gasteiger partial charge in [-0.3, -0.25) is 4.79 Å². The van der Waals surface area contributed by atoms with Crippen LogP contribution in [0.5, 0.6) is 11.5 Å². The first-order valence-corrected chi connectivity index (χ1v) is 7.56. The lowest BCUT2D eigenvalue weighted by atomic mass is 10.0. The maximum absolute atomic E-state index is 12.6. The molecule has 0 spiro atoms. The number of methoxy groups -OCH3 is 2. The molecular weight excluding hydrogens is 296 g/mol. The Morgan fingerprint density at radius 3 is 2.83 bits per heavy atom. The summed E-state index contributed by atoms with van der Waals surface area (Å²) in [7, 11) is 3.23. The number of benzene rings is 1. The zero-order valence-electron chi connectivity index (χ0n) is 13.3. The fourth-order valence-electron chi connectivity index (χ4n) is 3.02. The maximum atomic E-state index is 12.6. The van der Waals surface area contributed by atoms with Crippen LogP contribution >= 0.6 is 0 Å². The largest absolute Gasteiger partial charge is 0.493 e. The number of amides is 1. The van der Waals surface area contributed by atoms with Gasteiger partial charge in [0.25, 0.3) is 0 Å². The number of rotatable bonds is 5. The number of hydrogen-bond acceptors (Lipinski definition) is 5. The summed E-state index contributed by atoms with van der Waals surface area (Å²) in [6.45, 7) is 0.969. The molecule has 0 saturated carbocycles. The molecule has 3 rings (SSSR count). The Morgan fingerprint density at radius 2 is 2.13 bits per heavy atom. The molecule has 23 heavy (non-hydrogen) atoms. The molecule has 1 fully saturated rings. The van der Waals surface area contributed by atoms with Gasteiger partial charge >= 0.3 is 0 Å². The van der Waals surface area contributed by atoms with E-state index in [-0.39, 0.29) is 18.5 Å². The van der Waals surface area contributed by atoms with Crippen molar-refractivity contribution in [2.24, 2.45) is 0 Å². The van der Waals surface area contributed by atoms with E-state index in [9.17, 15) is 4.79 Å². The Hall–Kier alpha value is -2.57. The van der Waals surface area contributed by atoms with Gasteiger partial charge in [0.15, 0.2) is 11.5 Å². The first-order valence-electron chi connectivity index (χ1n) is 7.56. The molecular formula is C16H20N4O3. The van der Waals surface area contributed by atoms with E-state index in [1.807, 2.05) is 23.1 Å². The summed E-state index contributed by atoms with van der Waals surface area (Å²) in [5.74, 6) is 1.42. The van der Waals surface area contributed by atoms with Gasteiger partial charge < -0.3 is 14.4 Å². The molecule has 7 nitrogen and oxygen atoms in total. The number of nitrogens with zero attached hydrogens (tertiary/aromatic N) is 4. The normalized spacial score (nSPS) is 17.3. The van der Waals surface area contributed by atoms with Crippen LogP contribution in [0.1, 0.15) is 24.4 Å². The first kappa shape index (κ1) is 15.3. The lowest BCUT2D eigenvalue weighted by molar-refractivity contribution is -0.133. The average molecular weight is 316 g/mol. The number of likely N-dealkylation sites (tertiary alicyclic amines) is 1. The third kappa shape index (κ3) is 3.13. The Kier molecular flexibility index (Phi) is 4.45. The molecule has 0 N–H and O–H groups in total. The quantitative estimate of drug-likeness (QED) is 0.839. The minimum atomic E-state index is 0.0489. The van der Waals surface area contributed by atoms with E-state index < -0.39 is 0 Å². The van der Waals surface area contributed by atoms with Crippen molar-refractivity contribution in [1.29, 1.82) is 0 Å². The molecule has 1 aliphatic heterocycles. The van der Waals surface area contributed by atoms with Crippen LogP contribution in [0.3, 0.4) is 0 Å². The number of carbonyl (C=O) groups is 1. The highest BCUT2D eigenvalue weighted by Gasteiger charge is 2.30. The first-order chi connectivity index (χ1) is 11.2. The molecule has 2 heterocycles. The lowest BCUT2D eigenvalue weighted by Gasteiger charge is -2.25. The minimum absolute atomic E-state index is 0.0489. The van der Waals surface area contributed by atoms with Crippen molar-refractivity contribution in [3.8, 4) is 11.5 Å². The van der Waals surface area contributed by atoms with Crippen LogP contribution in [-0.4, -0.2) is 46.3 Å². The average Bonchev–Trinajstić information content (AvgIpc) is 3.25. The summed E-state index contributed by atoms with van der Waals surface area (Å²) in [5.41, 5.74) is 1.06. The van der Waals surface area contributed by atoms with Crippen LogP contribution in [0.15, 0.2) is 30.9 Å². The van der Waals surface area contributed by atoms with Crippen molar-refractivity contribution in [3.63, 3.8) is 0 Å². The third-order valence-electron chi connectivity index (χ3n) is 4.13. The highest BCUT2D eigenvalue weighted by atomic mass is 16.5. The van der Waals surface area contributed by atoms with E-state index >= 15 is 0 Å². The van der Waals surface area contributed by atoms with Gasteiger partial charge in [-0.1, -0.05) is 6.07 Å². The number of hydrogen-bond donors (Lipinski definition) is 0. The third-order valence-corrected chi connectivity index (χ3v) is 4.13. The van der Waals surface area contributed by atoms with E-state index in [0.717, 1.165) is 24.9 Å². The molecule has 1 saturated heterocycles. The second-order valence-corrected chi connectivity index (χ2v) is 5.45. The van der Waals surface area contributed by atoms with Crippen molar-refractivity contribution >= 4 is 5.91 Å². The molecule has 0 radical (unpaired) electrons.